The van der Waals surface area contributed by atoms with Crippen LogP contribution in [0.5, 0.6) is 0 Å². The first-order chi connectivity index (χ1) is 6.33. The molecule has 0 aliphatic rings. The van der Waals surface area contributed by atoms with Gasteiger partial charge in [-0.25, -0.2) is 4.34 Å². The summed E-state index contributed by atoms with van der Waals surface area (Å²) in [6, 6.07) is 9.56. The van der Waals surface area contributed by atoms with Gasteiger partial charge in [0.05, 0.1) is 0 Å². The smallest absolute Gasteiger partial charge is 0.321 e. The zero-order valence-corrected chi connectivity index (χ0v) is 8.58. The lowest BCUT2D eigenvalue weighted by Crippen LogP contribution is -2.16. The third-order valence-electron chi connectivity index (χ3n) is 1.45. The highest BCUT2D eigenvalue weighted by Crippen LogP contribution is 2.00. The van der Waals surface area contributed by atoms with Crippen LogP contribution in [0.15, 0.2) is 30.3 Å². The molecule has 0 aromatic heterocycles. The third-order valence-corrected chi connectivity index (χ3v) is 1.73. The molecule has 0 aliphatic carbocycles. The van der Waals surface area contributed by atoms with Gasteiger partial charge in [0.2, 0.25) is 0 Å². The molecule has 1 aromatic rings. The number of nitrogens with one attached hydrogen (secondary N) is 1. The Bertz CT molecular complexity index is 264. The molecule has 0 spiro atoms. The van der Waals surface area contributed by atoms with E-state index in [-0.39, 0.29) is 12.5 Å². The highest BCUT2D eigenvalue weighted by Gasteiger charge is 2.00. The van der Waals surface area contributed by atoms with Gasteiger partial charge in [-0.1, -0.05) is 30.3 Å². The second-order valence-corrected chi connectivity index (χ2v) is 3.02. The van der Waals surface area contributed by atoms with E-state index in [4.69, 9.17) is 4.74 Å². The van der Waals surface area contributed by atoms with Crippen molar-refractivity contribution in [2.45, 2.75) is 6.61 Å². The van der Waals surface area contributed by atoms with Crippen molar-refractivity contribution >= 4 is 22.1 Å². The normalized spacial score (nSPS) is 9.62. The largest absolute Gasteiger partial charge is 0.460 e. The van der Waals surface area contributed by atoms with Gasteiger partial charge < -0.3 is 4.74 Å². The summed E-state index contributed by atoms with van der Waals surface area (Å²) >= 11 is 2.93. The van der Waals surface area contributed by atoms with Gasteiger partial charge in [0.25, 0.3) is 0 Å². The summed E-state index contributed by atoms with van der Waals surface area (Å²) < 4.78 is 7.48. The summed E-state index contributed by atoms with van der Waals surface area (Å²) in [6.45, 7) is 0.501. The summed E-state index contributed by atoms with van der Waals surface area (Å²) in [6.07, 6.45) is 0. The van der Waals surface area contributed by atoms with Gasteiger partial charge >= 0.3 is 5.97 Å². The van der Waals surface area contributed by atoms with Crippen molar-refractivity contribution in [3.63, 3.8) is 0 Å². The van der Waals surface area contributed by atoms with Crippen LogP contribution in [0.1, 0.15) is 5.56 Å². The molecule has 1 N–H and O–H groups in total. The number of hydrogen-bond acceptors (Lipinski definition) is 3. The van der Waals surface area contributed by atoms with E-state index in [1.165, 1.54) is 0 Å². The summed E-state index contributed by atoms with van der Waals surface area (Å²) in [5, 5.41) is 0. The molecule has 0 radical (unpaired) electrons. The summed E-state index contributed by atoms with van der Waals surface area (Å²) in [4.78, 5) is 10.9. The molecule has 13 heavy (non-hydrogen) atoms. The highest BCUT2D eigenvalue weighted by molar-refractivity contribution is 9.08. The molecule has 1 rings (SSSR count). The van der Waals surface area contributed by atoms with Crippen molar-refractivity contribution in [3.8, 4) is 0 Å². The fourth-order valence-corrected chi connectivity index (χ4v) is 1.07. The van der Waals surface area contributed by atoms with E-state index in [0.717, 1.165) is 5.56 Å². The highest BCUT2D eigenvalue weighted by atomic mass is 79.9. The topological polar surface area (TPSA) is 38.3 Å². The van der Waals surface area contributed by atoms with Crippen molar-refractivity contribution in [1.82, 2.24) is 4.34 Å². The van der Waals surface area contributed by atoms with Crippen LogP contribution in [0, 0.1) is 0 Å². The lowest BCUT2D eigenvalue weighted by molar-refractivity contribution is -0.143. The van der Waals surface area contributed by atoms with Crippen LogP contribution < -0.4 is 4.34 Å². The maximum atomic E-state index is 10.9. The Balaban J connectivity index is 2.31. The maximum absolute atomic E-state index is 10.9. The SMILES string of the molecule is O=C(CNBr)OCc1ccccc1. The first-order valence-corrected chi connectivity index (χ1v) is 4.65. The molecule has 4 heteroatoms. The number of esters is 1. The van der Waals surface area contributed by atoms with Crippen LogP contribution >= 0.6 is 16.1 Å². The monoisotopic (exact) mass is 243 g/mol. The van der Waals surface area contributed by atoms with Crippen LogP contribution in [0.3, 0.4) is 0 Å². The third kappa shape index (κ3) is 4.05. The van der Waals surface area contributed by atoms with Crippen molar-refractivity contribution in [3.05, 3.63) is 35.9 Å². The van der Waals surface area contributed by atoms with Crippen molar-refractivity contribution in [1.29, 1.82) is 0 Å². The number of hydrogen-bond donors (Lipinski definition) is 1. The van der Waals surface area contributed by atoms with E-state index in [1.807, 2.05) is 30.3 Å². The molecule has 0 saturated heterocycles. The van der Waals surface area contributed by atoms with E-state index in [1.54, 1.807) is 0 Å². The number of carbonyl (C=O) groups is 1. The molecule has 0 unspecified atom stereocenters. The van der Waals surface area contributed by atoms with E-state index in [2.05, 4.69) is 20.5 Å². The number of benzene rings is 1. The van der Waals surface area contributed by atoms with Gasteiger partial charge in [0, 0.05) is 16.1 Å². The molecule has 0 atom stereocenters. The van der Waals surface area contributed by atoms with Crippen molar-refractivity contribution < 1.29 is 9.53 Å². The zero-order valence-electron chi connectivity index (χ0n) is 7.00. The summed E-state index contributed by atoms with van der Waals surface area (Å²) in [7, 11) is 0. The second-order valence-electron chi connectivity index (χ2n) is 2.46. The molecule has 3 nitrogen and oxygen atoms in total. The molecule has 1 aromatic carbocycles. The Morgan fingerprint density at radius 2 is 2.08 bits per heavy atom. The maximum Gasteiger partial charge on any atom is 0.321 e. The van der Waals surface area contributed by atoms with Crippen LogP contribution in [0.4, 0.5) is 0 Å². The Morgan fingerprint density at radius 1 is 1.38 bits per heavy atom. The van der Waals surface area contributed by atoms with Crippen LogP contribution in [-0.4, -0.2) is 12.5 Å². The summed E-state index contributed by atoms with van der Waals surface area (Å²) in [5.74, 6) is -0.277. The van der Waals surface area contributed by atoms with Gasteiger partial charge in [0.15, 0.2) is 0 Å². The van der Waals surface area contributed by atoms with Crippen LogP contribution in [0.2, 0.25) is 0 Å². The van der Waals surface area contributed by atoms with E-state index >= 15 is 0 Å². The number of carbonyl (C=O) groups excluding carboxylic acids is 1. The molecule has 0 heterocycles. The van der Waals surface area contributed by atoms with Gasteiger partial charge in [-0.2, -0.15) is 0 Å². The molecule has 70 valence electrons. The predicted octanol–water partition coefficient (Wildman–Crippen LogP) is 1.63. The Labute approximate surface area is 85.4 Å². The van der Waals surface area contributed by atoms with E-state index < -0.39 is 0 Å². The van der Waals surface area contributed by atoms with Gasteiger partial charge in [-0.05, 0) is 5.56 Å². The zero-order chi connectivity index (χ0) is 9.52. The van der Waals surface area contributed by atoms with Crippen molar-refractivity contribution in [2.75, 3.05) is 6.54 Å². The second kappa shape index (κ2) is 5.72. The first-order valence-electron chi connectivity index (χ1n) is 3.86. The van der Waals surface area contributed by atoms with E-state index in [0.29, 0.717) is 6.61 Å². The van der Waals surface area contributed by atoms with Gasteiger partial charge in [0.1, 0.15) is 13.2 Å². The minimum atomic E-state index is -0.277. The number of halogens is 1. The number of ether oxygens (including phenoxy) is 1. The molecule has 0 bridgehead atoms. The lowest BCUT2D eigenvalue weighted by Gasteiger charge is -2.02. The molecule has 0 saturated carbocycles. The lowest BCUT2D eigenvalue weighted by atomic mass is 10.2. The Hall–Kier alpha value is -0.870. The molecular formula is C9H10BrNO2. The van der Waals surface area contributed by atoms with Gasteiger partial charge in [-0.3, -0.25) is 4.79 Å². The summed E-state index contributed by atoms with van der Waals surface area (Å²) in [5.41, 5.74) is 0.991. The standard InChI is InChI=1S/C9H10BrNO2/c10-11-6-9(12)13-7-8-4-2-1-3-5-8/h1-5,11H,6-7H2. The minimum Gasteiger partial charge on any atom is -0.460 e. The minimum absolute atomic E-state index is 0.173. The Morgan fingerprint density at radius 3 is 2.69 bits per heavy atom. The van der Waals surface area contributed by atoms with Gasteiger partial charge in [-0.15, -0.1) is 0 Å². The van der Waals surface area contributed by atoms with Crippen molar-refractivity contribution in [2.24, 2.45) is 0 Å². The number of rotatable bonds is 4. The van der Waals surface area contributed by atoms with E-state index in [9.17, 15) is 4.79 Å². The average Bonchev–Trinajstić information content (AvgIpc) is 2.17. The quantitative estimate of drug-likeness (QED) is 0.646. The molecule has 0 amide bonds. The fraction of sp³-hybridized carbons (Fsp3) is 0.222. The Kier molecular flexibility index (Phi) is 4.49. The van der Waals surface area contributed by atoms with Crippen LogP contribution in [0.25, 0.3) is 0 Å². The van der Waals surface area contributed by atoms with Crippen LogP contribution in [-0.2, 0) is 16.1 Å². The fourth-order valence-electron chi connectivity index (χ4n) is 0.844. The average molecular weight is 244 g/mol. The molecule has 0 aliphatic heterocycles. The first kappa shape index (κ1) is 10.2. The molecule has 0 fully saturated rings. The molecular weight excluding hydrogens is 234 g/mol. The predicted molar refractivity (Wildman–Crippen MR) is 53.2 cm³/mol.